The van der Waals surface area contributed by atoms with Crippen LogP contribution in [0.5, 0.6) is 11.5 Å². The van der Waals surface area contributed by atoms with E-state index in [1.807, 2.05) is 18.2 Å². The van der Waals surface area contributed by atoms with Gasteiger partial charge in [0.2, 0.25) is 11.8 Å². The van der Waals surface area contributed by atoms with Crippen molar-refractivity contribution in [1.29, 1.82) is 0 Å². The lowest BCUT2D eigenvalue weighted by Crippen LogP contribution is -1.92. The zero-order valence-electron chi connectivity index (χ0n) is 9.16. The molecule has 0 saturated carbocycles. The van der Waals surface area contributed by atoms with E-state index in [1.165, 1.54) is 11.3 Å². The van der Waals surface area contributed by atoms with Crippen molar-refractivity contribution in [1.82, 2.24) is 14.6 Å². The lowest BCUT2D eigenvalue weighted by molar-refractivity contribution is 0.174. The van der Waals surface area contributed by atoms with E-state index in [0.29, 0.717) is 5.82 Å². The number of imidazole rings is 1. The summed E-state index contributed by atoms with van der Waals surface area (Å²) < 4.78 is 12.3. The molecule has 0 saturated heterocycles. The molecule has 0 fully saturated rings. The van der Waals surface area contributed by atoms with Gasteiger partial charge in [0.1, 0.15) is 10.8 Å². The Kier molecular flexibility index (Phi) is 1.81. The molecule has 0 atom stereocenters. The third-order valence-electron chi connectivity index (χ3n) is 2.68. The van der Waals surface area contributed by atoms with Gasteiger partial charge in [-0.15, -0.1) is 0 Å². The van der Waals surface area contributed by atoms with Gasteiger partial charge in [-0.2, -0.15) is 5.10 Å². The van der Waals surface area contributed by atoms with Crippen molar-refractivity contribution in [3.05, 3.63) is 24.4 Å². The highest BCUT2D eigenvalue weighted by atomic mass is 32.1. The summed E-state index contributed by atoms with van der Waals surface area (Å²) in [7, 11) is 0. The van der Waals surface area contributed by atoms with Crippen LogP contribution in [-0.4, -0.2) is 21.4 Å². The first-order chi connectivity index (χ1) is 8.79. The molecule has 3 aromatic rings. The number of benzene rings is 1. The highest BCUT2D eigenvalue weighted by molar-refractivity contribution is 7.19. The molecule has 0 bridgehead atoms. The normalized spacial score (nSPS) is 13.3. The molecule has 4 rings (SSSR count). The van der Waals surface area contributed by atoms with Gasteiger partial charge in [0.15, 0.2) is 11.5 Å². The highest BCUT2D eigenvalue weighted by Crippen LogP contribution is 2.37. The average Bonchev–Trinajstić information content (AvgIpc) is 3.00. The van der Waals surface area contributed by atoms with Crippen molar-refractivity contribution in [3.63, 3.8) is 0 Å². The van der Waals surface area contributed by atoms with Crippen LogP contribution >= 0.6 is 11.3 Å². The molecule has 2 N–H and O–H groups in total. The van der Waals surface area contributed by atoms with Crippen LogP contribution < -0.4 is 15.2 Å². The molecule has 0 aliphatic carbocycles. The second-order valence-electron chi connectivity index (χ2n) is 3.87. The molecule has 18 heavy (non-hydrogen) atoms. The van der Waals surface area contributed by atoms with Gasteiger partial charge in [0, 0.05) is 5.56 Å². The summed E-state index contributed by atoms with van der Waals surface area (Å²) in [6, 6.07) is 5.76. The maximum absolute atomic E-state index is 5.60. The number of nitrogens with two attached hydrogens (primary N) is 1. The maximum Gasteiger partial charge on any atom is 0.231 e. The standard InChI is InChI=1S/C11H8N4O2S/c12-9-4-15-11(13-9)18-10(14-15)6-1-2-7-8(3-6)17-5-16-7/h1-4H,5,12H2. The fraction of sp³-hybridized carbons (Fsp3) is 0.0909. The van der Waals surface area contributed by atoms with Crippen molar-refractivity contribution >= 4 is 22.1 Å². The number of nitrogens with zero attached hydrogens (tertiary/aromatic N) is 3. The summed E-state index contributed by atoms with van der Waals surface area (Å²) in [6.07, 6.45) is 1.70. The van der Waals surface area contributed by atoms with Crippen LogP contribution in [0.1, 0.15) is 0 Å². The topological polar surface area (TPSA) is 74.7 Å². The Hall–Kier alpha value is -2.28. The first kappa shape index (κ1) is 9.72. The van der Waals surface area contributed by atoms with Crippen LogP contribution in [0.15, 0.2) is 24.4 Å². The lowest BCUT2D eigenvalue weighted by atomic mass is 10.2. The lowest BCUT2D eigenvalue weighted by Gasteiger charge is -1.98. The van der Waals surface area contributed by atoms with Crippen molar-refractivity contribution < 1.29 is 9.47 Å². The van der Waals surface area contributed by atoms with Gasteiger partial charge in [0.25, 0.3) is 0 Å². The van der Waals surface area contributed by atoms with Gasteiger partial charge in [-0.25, -0.2) is 9.50 Å². The van der Waals surface area contributed by atoms with Gasteiger partial charge < -0.3 is 15.2 Å². The molecular formula is C11H8N4O2S. The molecule has 2 aromatic heterocycles. The minimum atomic E-state index is 0.274. The number of nitrogen functional groups attached to an aromatic ring is 1. The van der Waals surface area contributed by atoms with E-state index >= 15 is 0 Å². The number of rotatable bonds is 1. The molecule has 7 heteroatoms. The monoisotopic (exact) mass is 260 g/mol. The molecule has 0 radical (unpaired) electrons. The van der Waals surface area contributed by atoms with Crippen molar-refractivity contribution in [3.8, 4) is 22.1 Å². The Morgan fingerprint density at radius 3 is 3.06 bits per heavy atom. The van der Waals surface area contributed by atoms with Crippen LogP contribution in [0.2, 0.25) is 0 Å². The van der Waals surface area contributed by atoms with E-state index in [4.69, 9.17) is 15.2 Å². The zero-order valence-corrected chi connectivity index (χ0v) is 9.98. The van der Waals surface area contributed by atoms with Gasteiger partial charge in [0.05, 0.1) is 6.20 Å². The van der Waals surface area contributed by atoms with Crippen molar-refractivity contribution in [2.45, 2.75) is 0 Å². The Morgan fingerprint density at radius 1 is 1.28 bits per heavy atom. The predicted molar refractivity (Wildman–Crippen MR) is 66.8 cm³/mol. The summed E-state index contributed by atoms with van der Waals surface area (Å²) in [5.74, 6) is 2.00. The molecular weight excluding hydrogens is 252 g/mol. The van der Waals surface area contributed by atoms with Crippen LogP contribution in [0, 0.1) is 0 Å². The number of ether oxygens (including phenoxy) is 2. The largest absolute Gasteiger partial charge is 0.454 e. The summed E-state index contributed by atoms with van der Waals surface area (Å²) >= 11 is 1.48. The molecule has 0 spiro atoms. The Labute approximate surface area is 106 Å². The van der Waals surface area contributed by atoms with Gasteiger partial charge in [-0.3, -0.25) is 0 Å². The van der Waals surface area contributed by atoms with E-state index in [0.717, 1.165) is 27.0 Å². The molecule has 1 aliphatic rings. The maximum atomic E-state index is 5.60. The Morgan fingerprint density at radius 2 is 2.17 bits per heavy atom. The minimum absolute atomic E-state index is 0.274. The summed E-state index contributed by atoms with van der Waals surface area (Å²) in [4.78, 5) is 4.95. The van der Waals surface area contributed by atoms with Crippen molar-refractivity contribution in [2.24, 2.45) is 0 Å². The van der Waals surface area contributed by atoms with E-state index < -0.39 is 0 Å². The number of hydrogen-bond acceptors (Lipinski definition) is 6. The Bertz CT molecular complexity index is 717. The van der Waals surface area contributed by atoms with Crippen LogP contribution in [0.25, 0.3) is 15.5 Å². The molecule has 1 aliphatic heterocycles. The number of aromatic nitrogens is 3. The second-order valence-corrected chi connectivity index (χ2v) is 4.82. The summed E-state index contributed by atoms with van der Waals surface area (Å²) in [6.45, 7) is 0.274. The SMILES string of the molecule is Nc1cn2nc(-c3ccc4c(c3)OCO4)sc2n1. The third kappa shape index (κ3) is 1.34. The Balaban J connectivity index is 1.83. The van der Waals surface area contributed by atoms with Gasteiger partial charge >= 0.3 is 0 Å². The summed E-state index contributed by atoms with van der Waals surface area (Å²) in [5.41, 5.74) is 6.58. The van der Waals surface area contributed by atoms with Gasteiger partial charge in [-0.1, -0.05) is 11.3 Å². The van der Waals surface area contributed by atoms with Crippen LogP contribution in [0.3, 0.4) is 0 Å². The quantitative estimate of drug-likeness (QED) is 0.721. The van der Waals surface area contributed by atoms with E-state index in [2.05, 4.69) is 10.1 Å². The number of anilines is 1. The average molecular weight is 260 g/mol. The smallest absolute Gasteiger partial charge is 0.231 e. The van der Waals surface area contributed by atoms with Crippen molar-refractivity contribution in [2.75, 3.05) is 12.5 Å². The zero-order chi connectivity index (χ0) is 12.1. The second kappa shape index (κ2) is 3.36. The molecule has 6 nitrogen and oxygen atoms in total. The number of fused-ring (bicyclic) bond motifs is 2. The molecule has 0 unspecified atom stereocenters. The number of hydrogen-bond donors (Lipinski definition) is 1. The minimum Gasteiger partial charge on any atom is -0.454 e. The first-order valence-corrected chi connectivity index (χ1v) is 6.13. The predicted octanol–water partition coefficient (Wildman–Crippen LogP) is 1.77. The fourth-order valence-corrected chi connectivity index (χ4v) is 2.75. The fourth-order valence-electron chi connectivity index (χ4n) is 1.86. The third-order valence-corrected chi connectivity index (χ3v) is 3.65. The first-order valence-electron chi connectivity index (χ1n) is 5.31. The molecule has 90 valence electrons. The van der Waals surface area contributed by atoms with E-state index in [9.17, 15) is 0 Å². The van der Waals surface area contributed by atoms with E-state index in [-0.39, 0.29) is 6.79 Å². The van der Waals surface area contributed by atoms with Crippen LogP contribution in [-0.2, 0) is 0 Å². The summed E-state index contributed by atoms with van der Waals surface area (Å²) in [5, 5.41) is 5.30. The van der Waals surface area contributed by atoms with Crippen LogP contribution in [0.4, 0.5) is 5.82 Å². The van der Waals surface area contributed by atoms with Gasteiger partial charge in [-0.05, 0) is 18.2 Å². The molecule has 0 amide bonds. The molecule has 1 aromatic carbocycles. The molecule has 3 heterocycles. The highest BCUT2D eigenvalue weighted by Gasteiger charge is 2.16. The van der Waals surface area contributed by atoms with E-state index in [1.54, 1.807) is 10.7 Å².